The van der Waals surface area contributed by atoms with Crippen LogP contribution in [0.2, 0.25) is 0 Å². The number of pyridine rings is 1. The molecule has 0 radical (unpaired) electrons. The lowest BCUT2D eigenvalue weighted by Gasteiger charge is -2.07. The van der Waals surface area contributed by atoms with Gasteiger partial charge in [0.05, 0.1) is 12.8 Å². The minimum atomic E-state index is -0.369. The lowest BCUT2D eigenvalue weighted by atomic mass is 10.1. The molecule has 0 spiro atoms. The Hall–Kier alpha value is -1.90. The Balaban J connectivity index is 2.45. The van der Waals surface area contributed by atoms with E-state index in [0.717, 1.165) is 12.0 Å². The molecule has 3 heteroatoms. The highest BCUT2D eigenvalue weighted by Gasteiger charge is 2.10. The van der Waals surface area contributed by atoms with E-state index < -0.39 is 0 Å². The number of ether oxygens (including phenoxy) is 1. The summed E-state index contributed by atoms with van der Waals surface area (Å²) in [6, 6.07) is 8.84. The monoisotopic (exact) mass is 231 g/mol. The summed E-state index contributed by atoms with van der Waals surface area (Å²) in [5.41, 5.74) is 2.22. The van der Waals surface area contributed by atoms with Gasteiger partial charge in [-0.2, -0.15) is 0 Å². The molecule has 1 heterocycles. The molecule has 88 valence electrons. The second kappa shape index (κ2) is 4.95. The SMILES string of the molecule is CCc1ccc(-c2cccc(OC)c2F)nc1. The van der Waals surface area contributed by atoms with Gasteiger partial charge < -0.3 is 4.74 Å². The van der Waals surface area contributed by atoms with E-state index in [9.17, 15) is 4.39 Å². The topological polar surface area (TPSA) is 22.1 Å². The van der Waals surface area contributed by atoms with Gasteiger partial charge >= 0.3 is 0 Å². The Morgan fingerprint density at radius 2 is 2.06 bits per heavy atom. The van der Waals surface area contributed by atoms with E-state index in [1.807, 2.05) is 12.1 Å². The van der Waals surface area contributed by atoms with Crippen LogP contribution in [0.4, 0.5) is 4.39 Å². The summed E-state index contributed by atoms with van der Waals surface area (Å²) >= 11 is 0. The highest BCUT2D eigenvalue weighted by molar-refractivity contribution is 5.62. The highest BCUT2D eigenvalue weighted by atomic mass is 19.1. The van der Waals surface area contributed by atoms with E-state index in [0.29, 0.717) is 11.3 Å². The van der Waals surface area contributed by atoms with Crippen LogP contribution in [0.3, 0.4) is 0 Å². The molecular formula is C14H14FNO. The van der Waals surface area contributed by atoms with Gasteiger partial charge in [0.15, 0.2) is 11.6 Å². The molecule has 17 heavy (non-hydrogen) atoms. The molecule has 2 aromatic rings. The maximum atomic E-state index is 14.0. The lowest BCUT2D eigenvalue weighted by molar-refractivity contribution is 0.387. The molecule has 0 unspecified atom stereocenters. The molecule has 0 aliphatic rings. The van der Waals surface area contributed by atoms with E-state index >= 15 is 0 Å². The Kier molecular flexibility index (Phi) is 3.38. The largest absolute Gasteiger partial charge is 0.494 e. The zero-order valence-electron chi connectivity index (χ0n) is 9.90. The third-order valence-electron chi connectivity index (χ3n) is 2.69. The fourth-order valence-corrected chi connectivity index (χ4v) is 1.66. The second-order valence-corrected chi connectivity index (χ2v) is 3.73. The van der Waals surface area contributed by atoms with Gasteiger partial charge in [0.25, 0.3) is 0 Å². The molecule has 0 N–H and O–H groups in total. The van der Waals surface area contributed by atoms with Gasteiger partial charge in [0.2, 0.25) is 0 Å². The molecule has 0 aliphatic carbocycles. The molecule has 0 bridgehead atoms. The predicted octanol–water partition coefficient (Wildman–Crippen LogP) is 3.46. The first-order valence-electron chi connectivity index (χ1n) is 5.54. The number of hydrogen-bond acceptors (Lipinski definition) is 2. The summed E-state index contributed by atoms with van der Waals surface area (Å²) < 4.78 is 18.9. The van der Waals surface area contributed by atoms with Crippen molar-refractivity contribution in [3.8, 4) is 17.0 Å². The van der Waals surface area contributed by atoms with Crippen molar-refractivity contribution < 1.29 is 9.13 Å². The molecule has 0 amide bonds. The van der Waals surface area contributed by atoms with E-state index in [4.69, 9.17) is 4.74 Å². The third-order valence-corrected chi connectivity index (χ3v) is 2.69. The van der Waals surface area contributed by atoms with Gasteiger partial charge in [-0.15, -0.1) is 0 Å². The van der Waals surface area contributed by atoms with Crippen LogP contribution < -0.4 is 4.74 Å². The zero-order valence-corrected chi connectivity index (χ0v) is 9.90. The summed E-state index contributed by atoms with van der Waals surface area (Å²) in [6.45, 7) is 2.06. The smallest absolute Gasteiger partial charge is 0.174 e. The maximum absolute atomic E-state index is 14.0. The summed E-state index contributed by atoms with van der Waals surface area (Å²) in [7, 11) is 1.45. The predicted molar refractivity (Wildman–Crippen MR) is 65.6 cm³/mol. The Bertz CT molecular complexity index is 508. The average molecular weight is 231 g/mol. The summed E-state index contributed by atoms with van der Waals surface area (Å²) in [6.07, 6.45) is 2.70. The molecule has 0 saturated heterocycles. The third kappa shape index (κ3) is 2.28. The molecule has 2 rings (SSSR count). The van der Waals surface area contributed by atoms with Gasteiger partial charge in [0.1, 0.15) is 0 Å². The first kappa shape index (κ1) is 11.6. The van der Waals surface area contributed by atoms with Gasteiger partial charge in [-0.25, -0.2) is 4.39 Å². The van der Waals surface area contributed by atoms with Gasteiger partial charge in [-0.1, -0.05) is 19.1 Å². The fourth-order valence-electron chi connectivity index (χ4n) is 1.66. The Morgan fingerprint density at radius 1 is 1.24 bits per heavy atom. The number of aryl methyl sites for hydroxylation is 1. The van der Waals surface area contributed by atoms with Crippen molar-refractivity contribution in [2.45, 2.75) is 13.3 Å². The van der Waals surface area contributed by atoms with Gasteiger partial charge in [-0.3, -0.25) is 4.98 Å². The molecular weight excluding hydrogens is 217 g/mol. The van der Waals surface area contributed by atoms with Crippen molar-refractivity contribution in [1.82, 2.24) is 4.98 Å². The molecule has 0 atom stereocenters. The van der Waals surface area contributed by atoms with E-state index in [1.165, 1.54) is 7.11 Å². The van der Waals surface area contributed by atoms with Gasteiger partial charge in [-0.05, 0) is 30.2 Å². The van der Waals surface area contributed by atoms with E-state index in [-0.39, 0.29) is 11.6 Å². The number of rotatable bonds is 3. The summed E-state index contributed by atoms with van der Waals surface area (Å²) in [5.74, 6) is -0.129. The van der Waals surface area contributed by atoms with E-state index in [2.05, 4.69) is 11.9 Å². The quantitative estimate of drug-likeness (QED) is 0.807. The molecule has 0 aliphatic heterocycles. The van der Waals surface area contributed by atoms with Crippen molar-refractivity contribution in [2.24, 2.45) is 0 Å². The number of benzene rings is 1. The summed E-state index contributed by atoms with van der Waals surface area (Å²) in [4.78, 5) is 4.26. The fraction of sp³-hybridized carbons (Fsp3) is 0.214. The van der Waals surface area contributed by atoms with Crippen molar-refractivity contribution >= 4 is 0 Å². The van der Waals surface area contributed by atoms with Gasteiger partial charge in [0, 0.05) is 11.8 Å². The minimum Gasteiger partial charge on any atom is -0.494 e. The van der Waals surface area contributed by atoms with Crippen molar-refractivity contribution in [2.75, 3.05) is 7.11 Å². The van der Waals surface area contributed by atoms with Crippen molar-refractivity contribution in [3.63, 3.8) is 0 Å². The number of hydrogen-bond donors (Lipinski definition) is 0. The first-order valence-corrected chi connectivity index (χ1v) is 5.54. The van der Waals surface area contributed by atoms with Crippen LogP contribution in [-0.4, -0.2) is 12.1 Å². The first-order chi connectivity index (χ1) is 8.26. The standard InChI is InChI=1S/C14H14FNO/c1-3-10-7-8-12(16-9-10)11-5-4-6-13(17-2)14(11)15/h4-9H,3H2,1-2H3. The molecule has 1 aromatic carbocycles. The average Bonchev–Trinajstić information content (AvgIpc) is 2.39. The Labute approximate surface area is 100 Å². The maximum Gasteiger partial charge on any atom is 0.174 e. The highest BCUT2D eigenvalue weighted by Crippen LogP contribution is 2.27. The van der Waals surface area contributed by atoms with Crippen LogP contribution in [0.15, 0.2) is 36.5 Å². The lowest BCUT2D eigenvalue weighted by Crippen LogP contribution is -1.93. The van der Waals surface area contributed by atoms with Crippen LogP contribution in [0, 0.1) is 5.82 Å². The van der Waals surface area contributed by atoms with Crippen LogP contribution >= 0.6 is 0 Å². The normalized spacial score (nSPS) is 10.3. The second-order valence-electron chi connectivity index (χ2n) is 3.73. The molecule has 1 aromatic heterocycles. The van der Waals surface area contributed by atoms with E-state index in [1.54, 1.807) is 24.4 Å². The Morgan fingerprint density at radius 3 is 2.65 bits per heavy atom. The number of nitrogens with zero attached hydrogens (tertiary/aromatic N) is 1. The van der Waals surface area contributed by atoms with Crippen molar-refractivity contribution in [3.05, 3.63) is 47.9 Å². The van der Waals surface area contributed by atoms with Crippen LogP contribution in [0.1, 0.15) is 12.5 Å². The zero-order chi connectivity index (χ0) is 12.3. The molecule has 0 saturated carbocycles. The van der Waals surface area contributed by atoms with Crippen LogP contribution in [0.25, 0.3) is 11.3 Å². The van der Waals surface area contributed by atoms with Crippen LogP contribution in [0.5, 0.6) is 5.75 Å². The number of methoxy groups -OCH3 is 1. The molecule has 2 nitrogen and oxygen atoms in total. The summed E-state index contributed by atoms with van der Waals surface area (Å²) in [5, 5.41) is 0. The minimum absolute atomic E-state index is 0.240. The molecule has 0 fully saturated rings. The number of aromatic nitrogens is 1. The number of halogens is 1. The van der Waals surface area contributed by atoms with Crippen LogP contribution in [-0.2, 0) is 6.42 Å². The van der Waals surface area contributed by atoms with Crippen molar-refractivity contribution in [1.29, 1.82) is 0 Å².